The number of benzene rings is 1. The first kappa shape index (κ1) is 16.3. The molecule has 1 fully saturated rings. The summed E-state index contributed by atoms with van der Waals surface area (Å²) in [6.07, 6.45) is 5.54. The van der Waals surface area contributed by atoms with Gasteiger partial charge in [-0.25, -0.2) is 0 Å². The highest BCUT2D eigenvalue weighted by Gasteiger charge is 2.41. The highest BCUT2D eigenvalue weighted by Crippen LogP contribution is 2.38. The van der Waals surface area contributed by atoms with Crippen LogP contribution in [0.2, 0.25) is 0 Å². The van der Waals surface area contributed by atoms with Crippen molar-refractivity contribution >= 4 is 0 Å². The van der Waals surface area contributed by atoms with Crippen molar-refractivity contribution in [1.29, 1.82) is 0 Å². The molecule has 0 spiro atoms. The number of hydrogen-bond donors (Lipinski definition) is 1. The van der Waals surface area contributed by atoms with Crippen LogP contribution in [-0.4, -0.2) is 31.0 Å². The summed E-state index contributed by atoms with van der Waals surface area (Å²) in [5, 5.41) is 10.7. The maximum Gasteiger partial charge on any atom is 0.118 e. The van der Waals surface area contributed by atoms with Crippen LogP contribution >= 0.6 is 0 Å². The minimum Gasteiger partial charge on any atom is -0.497 e. The lowest BCUT2D eigenvalue weighted by molar-refractivity contribution is -0.133. The number of rotatable bonds is 6. The van der Waals surface area contributed by atoms with Crippen molar-refractivity contribution in [3.05, 3.63) is 29.8 Å². The summed E-state index contributed by atoms with van der Waals surface area (Å²) in [6, 6.07) is 8.07. The first-order valence-corrected chi connectivity index (χ1v) is 7.96. The van der Waals surface area contributed by atoms with E-state index < -0.39 is 6.10 Å². The van der Waals surface area contributed by atoms with Gasteiger partial charge in [-0.1, -0.05) is 31.9 Å². The topological polar surface area (TPSA) is 38.7 Å². The van der Waals surface area contributed by atoms with Gasteiger partial charge in [0, 0.05) is 7.11 Å². The van der Waals surface area contributed by atoms with Crippen molar-refractivity contribution < 1.29 is 14.6 Å². The molecule has 0 amide bonds. The average molecular weight is 292 g/mol. The first-order chi connectivity index (χ1) is 10.1. The minimum absolute atomic E-state index is 0.343. The van der Waals surface area contributed by atoms with Crippen molar-refractivity contribution in [1.82, 2.24) is 0 Å². The number of methoxy groups -OCH3 is 2. The Bertz CT molecular complexity index is 429. The summed E-state index contributed by atoms with van der Waals surface area (Å²) in [7, 11) is 3.42. The van der Waals surface area contributed by atoms with E-state index in [0.29, 0.717) is 5.92 Å². The number of aryl methyl sites for hydroxylation is 1. The Balaban J connectivity index is 1.94. The Hall–Kier alpha value is -1.06. The monoisotopic (exact) mass is 292 g/mol. The molecule has 21 heavy (non-hydrogen) atoms. The van der Waals surface area contributed by atoms with Crippen LogP contribution in [0.15, 0.2) is 24.3 Å². The lowest BCUT2D eigenvalue weighted by atomic mass is 9.74. The zero-order valence-corrected chi connectivity index (χ0v) is 13.5. The minimum atomic E-state index is -0.396. The van der Waals surface area contributed by atoms with Gasteiger partial charge in [-0.3, -0.25) is 0 Å². The molecule has 2 rings (SSSR count). The molecule has 1 aliphatic carbocycles. The summed E-state index contributed by atoms with van der Waals surface area (Å²) in [4.78, 5) is 0. The third-order valence-electron chi connectivity index (χ3n) is 4.87. The Kier molecular flexibility index (Phi) is 5.65. The van der Waals surface area contributed by atoms with Crippen molar-refractivity contribution in [2.45, 2.75) is 57.2 Å². The Morgan fingerprint density at radius 2 is 2.00 bits per heavy atom. The fraction of sp³-hybridized carbons (Fsp3) is 0.667. The van der Waals surface area contributed by atoms with Crippen molar-refractivity contribution in [3.63, 3.8) is 0 Å². The lowest BCUT2D eigenvalue weighted by Crippen LogP contribution is -2.47. The average Bonchev–Trinajstić information content (AvgIpc) is 2.52. The zero-order chi connectivity index (χ0) is 15.3. The van der Waals surface area contributed by atoms with Crippen LogP contribution in [0, 0.1) is 5.92 Å². The molecule has 0 saturated heterocycles. The second kappa shape index (κ2) is 7.28. The molecular weight excluding hydrogens is 264 g/mol. The van der Waals surface area contributed by atoms with Gasteiger partial charge in [-0.15, -0.1) is 0 Å². The summed E-state index contributed by atoms with van der Waals surface area (Å²) in [5.41, 5.74) is 0.884. The Labute approximate surface area is 128 Å². The SMILES string of the molecule is COc1ccc(CCC(O)C2(OC)CCCC(C)C2)cc1. The van der Waals surface area contributed by atoms with E-state index in [2.05, 4.69) is 19.1 Å². The summed E-state index contributed by atoms with van der Waals surface area (Å²) < 4.78 is 10.9. The van der Waals surface area contributed by atoms with Gasteiger partial charge in [0.2, 0.25) is 0 Å². The van der Waals surface area contributed by atoms with E-state index in [9.17, 15) is 5.11 Å². The number of ether oxygens (including phenoxy) is 2. The number of aliphatic hydroxyl groups is 1. The molecule has 118 valence electrons. The van der Waals surface area contributed by atoms with E-state index in [1.54, 1.807) is 14.2 Å². The molecule has 3 unspecified atom stereocenters. The molecule has 1 aromatic rings. The van der Waals surface area contributed by atoms with Crippen LogP contribution in [0.4, 0.5) is 0 Å². The third kappa shape index (κ3) is 3.98. The van der Waals surface area contributed by atoms with Crippen LogP contribution in [0.25, 0.3) is 0 Å². The molecule has 3 atom stereocenters. The van der Waals surface area contributed by atoms with Crippen LogP contribution in [-0.2, 0) is 11.2 Å². The van der Waals surface area contributed by atoms with Gasteiger partial charge < -0.3 is 14.6 Å². The normalized spacial score (nSPS) is 27.3. The highest BCUT2D eigenvalue weighted by molar-refractivity contribution is 5.27. The van der Waals surface area contributed by atoms with E-state index in [0.717, 1.165) is 37.9 Å². The van der Waals surface area contributed by atoms with Crippen molar-refractivity contribution in [3.8, 4) is 5.75 Å². The summed E-state index contributed by atoms with van der Waals surface area (Å²) in [5.74, 6) is 1.50. The summed E-state index contributed by atoms with van der Waals surface area (Å²) >= 11 is 0. The molecule has 0 aromatic heterocycles. The molecule has 3 heteroatoms. The molecule has 3 nitrogen and oxygen atoms in total. The first-order valence-electron chi connectivity index (χ1n) is 7.96. The van der Waals surface area contributed by atoms with E-state index in [-0.39, 0.29) is 5.60 Å². The largest absolute Gasteiger partial charge is 0.497 e. The lowest BCUT2D eigenvalue weighted by Gasteiger charge is -2.42. The van der Waals surface area contributed by atoms with Crippen molar-refractivity contribution in [2.24, 2.45) is 5.92 Å². The van der Waals surface area contributed by atoms with Gasteiger partial charge in [0.25, 0.3) is 0 Å². The van der Waals surface area contributed by atoms with Crippen molar-refractivity contribution in [2.75, 3.05) is 14.2 Å². The van der Waals surface area contributed by atoms with Gasteiger partial charge in [-0.05, 0) is 49.3 Å². The molecule has 1 saturated carbocycles. The van der Waals surface area contributed by atoms with E-state index in [1.807, 2.05) is 12.1 Å². The molecule has 0 aliphatic heterocycles. The molecular formula is C18H28O3. The fourth-order valence-electron chi connectivity index (χ4n) is 3.53. The molecule has 1 aromatic carbocycles. The van der Waals surface area contributed by atoms with Crippen LogP contribution < -0.4 is 4.74 Å². The Morgan fingerprint density at radius 3 is 2.57 bits per heavy atom. The molecule has 1 N–H and O–H groups in total. The number of aliphatic hydroxyl groups excluding tert-OH is 1. The van der Waals surface area contributed by atoms with Gasteiger partial charge in [0.05, 0.1) is 18.8 Å². The maximum atomic E-state index is 10.7. The molecule has 1 aliphatic rings. The van der Waals surface area contributed by atoms with E-state index in [4.69, 9.17) is 9.47 Å². The maximum absolute atomic E-state index is 10.7. The van der Waals surface area contributed by atoms with Crippen LogP contribution in [0.1, 0.15) is 44.6 Å². The van der Waals surface area contributed by atoms with Gasteiger partial charge >= 0.3 is 0 Å². The van der Waals surface area contributed by atoms with Gasteiger partial charge in [-0.2, -0.15) is 0 Å². The quantitative estimate of drug-likeness (QED) is 0.871. The third-order valence-corrected chi connectivity index (χ3v) is 4.87. The fourth-order valence-corrected chi connectivity index (χ4v) is 3.53. The predicted molar refractivity (Wildman–Crippen MR) is 84.7 cm³/mol. The predicted octanol–water partition coefficient (Wildman–Crippen LogP) is 3.58. The standard InChI is InChI=1S/C18H28O3/c1-14-5-4-12-18(13-14,21-3)17(19)11-8-15-6-9-16(20-2)10-7-15/h6-7,9-10,14,17,19H,4-5,8,11-13H2,1-3H3. The van der Waals surface area contributed by atoms with Crippen LogP contribution in [0.5, 0.6) is 5.75 Å². The number of hydrogen-bond acceptors (Lipinski definition) is 3. The summed E-state index contributed by atoms with van der Waals surface area (Å²) in [6.45, 7) is 2.25. The molecule has 0 bridgehead atoms. The Morgan fingerprint density at radius 1 is 1.29 bits per heavy atom. The smallest absolute Gasteiger partial charge is 0.118 e. The van der Waals surface area contributed by atoms with Gasteiger partial charge in [0.1, 0.15) is 5.75 Å². The van der Waals surface area contributed by atoms with E-state index >= 15 is 0 Å². The van der Waals surface area contributed by atoms with Crippen LogP contribution in [0.3, 0.4) is 0 Å². The second-order valence-corrected chi connectivity index (χ2v) is 6.37. The molecule has 0 heterocycles. The van der Waals surface area contributed by atoms with E-state index in [1.165, 1.54) is 12.0 Å². The zero-order valence-electron chi connectivity index (χ0n) is 13.5. The highest BCUT2D eigenvalue weighted by atomic mass is 16.5. The van der Waals surface area contributed by atoms with Gasteiger partial charge in [0.15, 0.2) is 0 Å². The second-order valence-electron chi connectivity index (χ2n) is 6.37. The molecule has 0 radical (unpaired) electrons.